The largest absolute Gasteiger partial charge is 0.307 e. The van der Waals surface area contributed by atoms with Gasteiger partial charge in [-0.2, -0.15) is 5.10 Å². The predicted molar refractivity (Wildman–Crippen MR) is 185 cm³/mol. The Morgan fingerprint density at radius 1 is 0.936 bits per heavy atom. The number of sulfonamides is 1. The standard InChI is InChI=1S/C36H50N4O6S/c1-2-3-4-5-6-7-8-9-10-11-12-13-14-15-16-17-21-24-36(41)38-47(44,45)34-27-25-33(26-28-34)39-35(31-22-19-18-20-23-31)29-32(37-39)30-46-40(42)43/h6-7,9-10,12-13,15-16,25-29,31H,2-5,8,11,14,17-24,30H2,1H3,(H,38,41)/b7-6-,10-9-,13-12-,16-15-. The number of benzene rings is 1. The first kappa shape index (κ1) is 37.5. The highest BCUT2D eigenvalue weighted by Crippen LogP contribution is 2.34. The van der Waals surface area contributed by atoms with Crippen LogP contribution in [0.4, 0.5) is 0 Å². The molecular formula is C36H50N4O6S. The van der Waals surface area contributed by atoms with E-state index >= 15 is 0 Å². The van der Waals surface area contributed by atoms with E-state index in [0.717, 1.165) is 50.6 Å². The average molecular weight is 667 g/mol. The number of nitrogens with zero attached hydrogens (tertiary/aromatic N) is 3. The Morgan fingerprint density at radius 3 is 2.13 bits per heavy atom. The van der Waals surface area contributed by atoms with Gasteiger partial charge in [0.1, 0.15) is 6.61 Å². The van der Waals surface area contributed by atoms with Gasteiger partial charge in [0.15, 0.2) is 0 Å². The molecule has 2 aromatic rings. The van der Waals surface area contributed by atoms with E-state index in [1.54, 1.807) is 16.8 Å². The number of nitrogens with one attached hydrogen (secondary N) is 1. The molecule has 1 aliphatic carbocycles. The maximum Gasteiger partial charge on any atom is 0.294 e. The van der Waals surface area contributed by atoms with E-state index in [4.69, 9.17) is 0 Å². The van der Waals surface area contributed by atoms with E-state index in [2.05, 4.69) is 58.0 Å². The van der Waals surface area contributed by atoms with Crippen LogP contribution in [0.5, 0.6) is 0 Å². The van der Waals surface area contributed by atoms with E-state index in [-0.39, 0.29) is 23.8 Å². The number of rotatable bonds is 21. The molecule has 0 atom stereocenters. The van der Waals surface area contributed by atoms with Crippen molar-refractivity contribution in [1.82, 2.24) is 14.5 Å². The normalized spacial score (nSPS) is 14.6. The lowest BCUT2D eigenvalue weighted by atomic mass is 9.86. The first-order valence-corrected chi connectivity index (χ1v) is 18.4. The monoisotopic (exact) mass is 666 g/mol. The lowest BCUT2D eigenvalue weighted by Crippen LogP contribution is -2.30. The summed E-state index contributed by atoms with van der Waals surface area (Å²) in [5.74, 6) is -0.300. The van der Waals surface area contributed by atoms with E-state index in [1.807, 2.05) is 18.2 Å². The molecular weight excluding hydrogens is 616 g/mol. The molecule has 3 rings (SSSR count). The summed E-state index contributed by atoms with van der Waals surface area (Å²) in [4.78, 5) is 27.6. The molecule has 1 heterocycles. The van der Waals surface area contributed by atoms with Gasteiger partial charge >= 0.3 is 0 Å². The van der Waals surface area contributed by atoms with Crippen molar-refractivity contribution in [2.75, 3.05) is 0 Å². The molecule has 10 nitrogen and oxygen atoms in total. The number of allylic oxidation sites excluding steroid dienone is 8. The van der Waals surface area contributed by atoms with E-state index in [0.29, 0.717) is 24.2 Å². The SMILES string of the molecule is CCCCC/C=C\C/C=C\C/C=C\C/C=C\CCCC(=O)NS(=O)(=O)c1ccc(-n2nc(CO[N+](=O)[O-])cc2C2CCCCC2)cc1. The molecule has 1 saturated carbocycles. The highest BCUT2D eigenvalue weighted by molar-refractivity contribution is 7.90. The summed E-state index contributed by atoms with van der Waals surface area (Å²) in [7, 11) is -4.04. The quantitative estimate of drug-likeness (QED) is 0.0610. The number of unbranched alkanes of at least 4 members (excludes halogenated alkanes) is 4. The smallest absolute Gasteiger partial charge is 0.294 e. The van der Waals surface area contributed by atoms with Gasteiger partial charge in [-0.05, 0) is 88.1 Å². The van der Waals surface area contributed by atoms with E-state index in [1.165, 1.54) is 44.2 Å². The van der Waals surface area contributed by atoms with Crippen molar-refractivity contribution in [3.05, 3.63) is 100 Å². The molecule has 1 fully saturated rings. The van der Waals surface area contributed by atoms with E-state index in [9.17, 15) is 23.3 Å². The van der Waals surface area contributed by atoms with Crippen LogP contribution in [0.25, 0.3) is 5.69 Å². The molecule has 0 unspecified atom stereocenters. The third-order valence-electron chi connectivity index (χ3n) is 8.00. The molecule has 0 spiro atoms. The topological polar surface area (TPSA) is 133 Å². The van der Waals surface area contributed by atoms with Crippen LogP contribution in [0.3, 0.4) is 0 Å². The van der Waals surface area contributed by atoms with E-state index < -0.39 is 21.0 Å². The fraction of sp³-hybridized carbons (Fsp3) is 0.500. The summed E-state index contributed by atoms with van der Waals surface area (Å²) < 4.78 is 29.6. The zero-order valence-corrected chi connectivity index (χ0v) is 28.4. The van der Waals surface area contributed by atoms with Crippen molar-refractivity contribution in [2.24, 2.45) is 0 Å². The number of aromatic nitrogens is 2. The molecule has 1 aromatic carbocycles. The molecule has 0 bridgehead atoms. The summed E-state index contributed by atoms with van der Waals surface area (Å²) in [6.45, 7) is 1.95. The maximum absolute atomic E-state index is 12.9. The zero-order chi connectivity index (χ0) is 33.7. The summed E-state index contributed by atoms with van der Waals surface area (Å²) in [6, 6.07) is 7.94. The van der Waals surface area contributed by atoms with Crippen LogP contribution >= 0.6 is 0 Å². The van der Waals surface area contributed by atoms with Gasteiger partial charge in [-0.1, -0.05) is 87.6 Å². The van der Waals surface area contributed by atoms with Crippen LogP contribution in [-0.2, 0) is 26.3 Å². The van der Waals surface area contributed by atoms with Crippen molar-refractivity contribution < 1.29 is 23.1 Å². The fourth-order valence-corrected chi connectivity index (χ4v) is 6.51. The fourth-order valence-electron chi connectivity index (χ4n) is 5.50. The minimum absolute atomic E-state index is 0.0294. The Hall–Kier alpha value is -3.99. The third kappa shape index (κ3) is 14.1. The number of hydrogen-bond acceptors (Lipinski definition) is 7. The molecule has 1 amide bonds. The number of amides is 1. The highest BCUT2D eigenvalue weighted by atomic mass is 32.2. The Kier molecular flexibility index (Phi) is 16.7. The Labute approximate surface area is 279 Å². The van der Waals surface area contributed by atoms with Gasteiger partial charge in [0, 0.05) is 18.0 Å². The summed E-state index contributed by atoms with van der Waals surface area (Å²) >= 11 is 0. The minimum Gasteiger partial charge on any atom is -0.307 e. The molecule has 47 heavy (non-hydrogen) atoms. The van der Waals surface area contributed by atoms with Gasteiger partial charge in [0.05, 0.1) is 16.3 Å². The first-order chi connectivity index (χ1) is 22.8. The van der Waals surface area contributed by atoms with Crippen LogP contribution in [0, 0.1) is 10.1 Å². The van der Waals surface area contributed by atoms with Crippen molar-refractivity contribution >= 4 is 15.9 Å². The number of carbonyl (C=O) groups is 1. The Morgan fingerprint density at radius 2 is 1.53 bits per heavy atom. The average Bonchev–Trinajstić information content (AvgIpc) is 3.50. The zero-order valence-electron chi connectivity index (χ0n) is 27.6. The van der Waals surface area contributed by atoms with Gasteiger partial charge < -0.3 is 4.84 Å². The second-order valence-electron chi connectivity index (χ2n) is 11.8. The molecule has 256 valence electrons. The van der Waals surface area contributed by atoms with Crippen LogP contribution in [0.1, 0.15) is 121 Å². The van der Waals surface area contributed by atoms with Gasteiger partial charge in [-0.3, -0.25) is 4.79 Å². The van der Waals surface area contributed by atoms with Crippen molar-refractivity contribution in [3.8, 4) is 5.69 Å². The summed E-state index contributed by atoms with van der Waals surface area (Å²) in [5.41, 5.74) is 1.98. The molecule has 1 aliphatic rings. The molecule has 0 saturated heterocycles. The summed E-state index contributed by atoms with van der Waals surface area (Å²) in [5, 5.41) is 14.4. The number of hydrogen-bond donors (Lipinski definition) is 1. The number of carbonyl (C=O) groups excluding carboxylic acids is 1. The van der Waals surface area contributed by atoms with Crippen molar-refractivity contribution in [1.29, 1.82) is 0 Å². The molecule has 11 heteroatoms. The van der Waals surface area contributed by atoms with Crippen LogP contribution in [0.15, 0.2) is 83.8 Å². The summed E-state index contributed by atoms with van der Waals surface area (Å²) in [6.07, 6.45) is 31.5. The van der Waals surface area contributed by atoms with Gasteiger partial charge in [0.25, 0.3) is 15.1 Å². The molecule has 0 aliphatic heterocycles. The van der Waals surface area contributed by atoms with Crippen molar-refractivity contribution in [2.45, 2.75) is 121 Å². The maximum atomic E-state index is 12.9. The molecule has 1 N–H and O–H groups in total. The predicted octanol–water partition coefficient (Wildman–Crippen LogP) is 8.58. The van der Waals surface area contributed by atoms with Gasteiger partial charge in [0.2, 0.25) is 5.91 Å². The van der Waals surface area contributed by atoms with Crippen LogP contribution in [0.2, 0.25) is 0 Å². The first-order valence-electron chi connectivity index (χ1n) is 16.9. The van der Waals surface area contributed by atoms with Gasteiger partial charge in [-0.25, -0.2) is 17.8 Å². The minimum atomic E-state index is -4.04. The Bertz CT molecular complexity index is 1470. The second-order valence-corrected chi connectivity index (χ2v) is 13.5. The van der Waals surface area contributed by atoms with Crippen molar-refractivity contribution in [3.63, 3.8) is 0 Å². The lowest BCUT2D eigenvalue weighted by Gasteiger charge is -2.22. The Balaban J connectivity index is 1.41. The molecule has 0 radical (unpaired) electrons. The highest BCUT2D eigenvalue weighted by Gasteiger charge is 2.23. The van der Waals surface area contributed by atoms with Crippen LogP contribution in [-0.4, -0.2) is 29.2 Å². The third-order valence-corrected chi connectivity index (χ3v) is 9.39. The molecule has 1 aromatic heterocycles. The second kappa shape index (κ2) is 21.0. The lowest BCUT2D eigenvalue weighted by molar-refractivity contribution is -0.763. The van der Waals surface area contributed by atoms with Crippen LogP contribution < -0.4 is 4.72 Å². The van der Waals surface area contributed by atoms with Gasteiger partial charge in [-0.15, -0.1) is 10.1 Å².